The molecule has 0 amide bonds. The van der Waals surface area contributed by atoms with Gasteiger partial charge in [-0.1, -0.05) is 89.9 Å². The Balaban J connectivity index is 0.000000174. The van der Waals surface area contributed by atoms with Gasteiger partial charge in [-0.05, 0) is 120 Å². The number of aliphatic hydroxyl groups excluding tert-OH is 1. The Morgan fingerprint density at radius 3 is 1.80 bits per heavy atom. The van der Waals surface area contributed by atoms with E-state index in [1.807, 2.05) is 78.9 Å². The Bertz CT molecular complexity index is 1890. The molecule has 49 heavy (non-hydrogen) atoms. The van der Waals surface area contributed by atoms with E-state index in [1.54, 1.807) is 7.11 Å². The van der Waals surface area contributed by atoms with Crippen LogP contribution in [0.25, 0.3) is 0 Å². The maximum absolute atomic E-state index is 11.5. The molecule has 0 spiro atoms. The van der Waals surface area contributed by atoms with Crippen LogP contribution in [0, 0.1) is 0 Å². The number of aryl methyl sites for hydroxylation is 2. The molecule has 0 saturated heterocycles. The van der Waals surface area contributed by atoms with Crippen molar-refractivity contribution in [2.45, 2.75) is 56.0 Å². The molecule has 0 heterocycles. The normalized spacial score (nSPS) is 18.9. The first-order valence-corrected chi connectivity index (χ1v) is 17.3. The second-order valence-corrected chi connectivity index (χ2v) is 13.7. The molecule has 2 unspecified atom stereocenters. The summed E-state index contributed by atoms with van der Waals surface area (Å²) in [6.07, 6.45) is 4.39. The van der Waals surface area contributed by atoms with Crippen molar-refractivity contribution >= 4 is 29.2 Å². The molecule has 2 N–H and O–H groups in total. The molecule has 7 heteroatoms. The van der Waals surface area contributed by atoms with E-state index in [1.165, 1.54) is 16.7 Å². The number of aliphatic carboxylic acids is 1. The lowest BCUT2D eigenvalue weighted by Gasteiger charge is -2.31. The number of ether oxygens (including phenoxy) is 2. The summed E-state index contributed by atoms with van der Waals surface area (Å²) in [5.41, 5.74) is 7.56. The fourth-order valence-electron chi connectivity index (χ4n) is 7.70. The number of hydrogen-bond acceptors (Lipinski definition) is 4. The van der Waals surface area contributed by atoms with Crippen molar-refractivity contribution in [2.24, 2.45) is 0 Å². The Morgan fingerprint density at radius 2 is 1.24 bits per heavy atom. The number of benzene rings is 5. The summed E-state index contributed by atoms with van der Waals surface area (Å²) < 4.78 is 11.1. The SMILES string of the molecule is COc1ccc(C2(CC(=O)O)CCc3cc(Cl)ccc32)cc1.OCCC1(c2ccc(OCc3ccccc3)cc2)CCc2cc(Cl)ccc21. The lowest BCUT2D eigenvalue weighted by atomic mass is 9.73. The van der Waals surface area contributed by atoms with Gasteiger partial charge in [0, 0.05) is 27.5 Å². The van der Waals surface area contributed by atoms with Gasteiger partial charge in [-0.2, -0.15) is 0 Å². The van der Waals surface area contributed by atoms with Crippen molar-refractivity contribution in [3.05, 3.63) is 164 Å². The van der Waals surface area contributed by atoms with Crippen LogP contribution in [0.15, 0.2) is 115 Å². The highest BCUT2D eigenvalue weighted by Crippen LogP contribution is 2.49. The fraction of sp³-hybridized carbons (Fsp3) is 0.262. The fourth-order valence-corrected chi connectivity index (χ4v) is 8.09. The van der Waals surface area contributed by atoms with Crippen LogP contribution in [-0.4, -0.2) is 29.9 Å². The first kappa shape index (κ1) is 34.6. The molecule has 0 aromatic heterocycles. The first-order chi connectivity index (χ1) is 23.8. The minimum Gasteiger partial charge on any atom is -0.497 e. The van der Waals surface area contributed by atoms with E-state index in [2.05, 4.69) is 36.4 Å². The summed E-state index contributed by atoms with van der Waals surface area (Å²) in [6, 6.07) is 38.1. The van der Waals surface area contributed by atoms with Gasteiger partial charge in [-0.15, -0.1) is 0 Å². The van der Waals surface area contributed by atoms with Crippen molar-refractivity contribution in [3.63, 3.8) is 0 Å². The average Bonchev–Trinajstić information content (AvgIpc) is 3.66. The monoisotopic (exact) mass is 694 g/mol. The van der Waals surface area contributed by atoms with Crippen LogP contribution in [0.4, 0.5) is 0 Å². The number of aliphatic hydroxyl groups is 1. The Labute approximate surface area is 298 Å². The van der Waals surface area contributed by atoms with Crippen LogP contribution in [0.3, 0.4) is 0 Å². The van der Waals surface area contributed by atoms with Crippen LogP contribution in [0.1, 0.15) is 64.6 Å². The third-order valence-electron chi connectivity index (χ3n) is 10.1. The maximum Gasteiger partial charge on any atom is 0.304 e. The second-order valence-electron chi connectivity index (χ2n) is 12.8. The van der Waals surface area contributed by atoms with Gasteiger partial charge >= 0.3 is 5.97 Å². The number of carboxylic acids is 1. The van der Waals surface area contributed by atoms with Crippen LogP contribution in [0.2, 0.25) is 10.0 Å². The van der Waals surface area contributed by atoms with Gasteiger partial charge in [0.15, 0.2) is 0 Å². The molecule has 0 radical (unpaired) electrons. The summed E-state index contributed by atoms with van der Waals surface area (Å²) in [5, 5.41) is 20.6. The molecular formula is C42H40Cl2O5. The molecule has 5 nitrogen and oxygen atoms in total. The standard InChI is InChI=1S/C24H23ClO2.C18H17ClO3/c25-21-8-11-23-19(16-21)12-13-24(23,14-15-26)20-6-9-22(10-7-20)27-17-18-4-2-1-3-5-18;1-22-15-5-2-13(3-6-15)18(11-17(20)21)9-8-12-10-14(19)4-7-16(12)18/h1-11,16,26H,12-15,17H2;2-7,10H,8-9,11H2,1H3,(H,20,21). The van der Waals surface area contributed by atoms with E-state index in [0.29, 0.717) is 18.1 Å². The maximum atomic E-state index is 11.5. The van der Waals surface area contributed by atoms with E-state index in [9.17, 15) is 15.0 Å². The topological polar surface area (TPSA) is 76.0 Å². The average molecular weight is 696 g/mol. The summed E-state index contributed by atoms with van der Waals surface area (Å²) in [7, 11) is 1.62. The lowest BCUT2D eigenvalue weighted by Crippen LogP contribution is -2.28. The van der Waals surface area contributed by atoms with Crippen LogP contribution >= 0.6 is 23.2 Å². The van der Waals surface area contributed by atoms with Crippen molar-refractivity contribution < 1.29 is 24.5 Å². The molecule has 2 aliphatic rings. The van der Waals surface area contributed by atoms with E-state index >= 15 is 0 Å². The van der Waals surface area contributed by atoms with Gasteiger partial charge in [-0.3, -0.25) is 4.79 Å². The van der Waals surface area contributed by atoms with E-state index < -0.39 is 11.4 Å². The van der Waals surface area contributed by atoms with Crippen LogP contribution < -0.4 is 9.47 Å². The quantitative estimate of drug-likeness (QED) is 0.152. The van der Waals surface area contributed by atoms with Gasteiger partial charge in [-0.25, -0.2) is 0 Å². The molecule has 5 aromatic rings. The summed E-state index contributed by atoms with van der Waals surface area (Å²) in [6.45, 7) is 0.720. The van der Waals surface area contributed by atoms with E-state index in [4.69, 9.17) is 32.7 Å². The van der Waals surface area contributed by atoms with E-state index in [-0.39, 0.29) is 18.4 Å². The van der Waals surface area contributed by atoms with Gasteiger partial charge in [0.1, 0.15) is 18.1 Å². The third-order valence-corrected chi connectivity index (χ3v) is 10.6. The molecule has 0 aliphatic heterocycles. The number of rotatable bonds is 10. The molecule has 0 bridgehead atoms. The molecule has 0 fully saturated rings. The zero-order valence-corrected chi connectivity index (χ0v) is 29.0. The largest absolute Gasteiger partial charge is 0.497 e. The Hall–Kier alpha value is -4.29. The highest BCUT2D eigenvalue weighted by molar-refractivity contribution is 6.31. The number of fused-ring (bicyclic) bond motifs is 2. The second kappa shape index (κ2) is 15.1. The predicted octanol–water partition coefficient (Wildman–Crippen LogP) is 9.59. The van der Waals surface area contributed by atoms with Crippen LogP contribution in [-0.2, 0) is 35.1 Å². The first-order valence-electron chi connectivity index (χ1n) is 16.6. The lowest BCUT2D eigenvalue weighted by molar-refractivity contribution is -0.138. The van der Waals surface area contributed by atoms with Gasteiger partial charge in [0.25, 0.3) is 0 Å². The van der Waals surface area contributed by atoms with Crippen molar-refractivity contribution in [2.75, 3.05) is 13.7 Å². The van der Waals surface area contributed by atoms with Crippen LogP contribution in [0.5, 0.6) is 11.5 Å². The van der Waals surface area contributed by atoms with Gasteiger partial charge in [0.05, 0.1) is 13.5 Å². The Morgan fingerprint density at radius 1 is 0.714 bits per heavy atom. The number of carboxylic acid groups (broad SMARTS) is 1. The summed E-state index contributed by atoms with van der Waals surface area (Å²) in [4.78, 5) is 11.5. The van der Waals surface area contributed by atoms with Crippen molar-refractivity contribution in [1.29, 1.82) is 0 Å². The van der Waals surface area contributed by atoms with E-state index in [0.717, 1.165) is 64.5 Å². The molecule has 0 saturated carbocycles. The highest BCUT2D eigenvalue weighted by atomic mass is 35.5. The predicted molar refractivity (Wildman–Crippen MR) is 195 cm³/mol. The number of methoxy groups -OCH3 is 1. The molecule has 5 aromatic carbocycles. The Kier molecular flexibility index (Phi) is 10.6. The molecule has 7 rings (SSSR count). The zero-order valence-electron chi connectivity index (χ0n) is 27.5. The van der Waals surface area contributed by atoms with Crippen molar-refractivity contribution in [1.82, 2.24) is 0 Å². The minimum absolute atomic E-state index is 0.0773. The number of carbonyl (C=O) groups is 1. The number of hydrogen-bond donors (Lipinski definition) is 2. The highest BCUT2D eigenvalue weighted by Gasteiger charge is 2.42. The minimum atomic E-state index is -0.793. The number of halogens is 2. The van der Waals surface area contributed by atoms with Gasteiger partial charge < -0.3 is 19.7 Å². The summed E-state index contributed by atoms with van der Waals surface area (Å²) in [5.74, 6) is 0.832. The molecule has 2 aliphatic carbocycles. The molecule has 2 atom stereocenters. The van der Waals surface area contributed by atoms with Gasteiger partial charge in [0.2, 0.25) is 0 Å². The molecular weight excluding hydrogens is 655 g/mol. The van der Waals surface area contributed by atoms with Crippen molar-refractivity contribution in [3.8, 4) is 11.5 Å². The summed E-state index contributed by atoms with van der Waals surface area (Å²) >= 11 is 12.3. The smallest absolute Gasteiger partial charge is 0.304 e. The third kappa shape index (κ3) is 7.35. The zero-order chi connectivity index (χ0) is 34.4. The molecule has 252 valence electrons.